The number of benzene rings is 2. The maximum Gasteiger partial charge on any atom is 0.174 e. The van der Waals surface area contributed by atoms with Crippen LogP contribution in [0.4, 0.5) is 0 Å². The number of ether oxygens (including phenoxy) is 1. The van der Waals surface area contributed by atoms with Gasteiger partial charge in [0.25, 0.3) is 0 Å². The molecule has 1 aromatic heterocycles. The second-order valence-corrected chi connectivity index (χ2v) is 7.95. The zero-order valence-corrected chi connectivity index (χ0v) is 17.4. The molecule has 5 heteroatoms. The molecule has 0 aliphatic carbocycles. The quantitative estimate of drug-likeness (QED) is 0.364. The largest absolute Gasteiger partial charge is 0.497 e. The molecule has 134 valence electrons. The normalized spacial score (nSPS) is 10.8. The van der Waals surface area contributed by atoms with Crippen LogP contribution < -0.4 is 4.74 Å². The topological polar surface area (TPSA) is 31.2 Å². The van der Waals surface area contributed by atoms with Crippen LogP contribution in [0.2, 0.25) is 0 Å². The highest BCUT2D eigenvalue weighted by Gasteiger charge is 2.17. The zero-order valence-electron chi connectivity index (χ0n) is 15.0. The van der Waals surface area contributed by atoms with Crippen LogP contribution in [0.1, 0.15) is 21.7 Å². The molecule has 0 radical (unpaired) electrons. The number of methoxy groups -OCH3 is 1. The molecule has 3 rings (SSSR count). The SMILES string of the molecule is COc1ccc(-n2c(C)cc(C(=O)CSc3ccc(Br)cc3)c2C)cc1. The minimum Gasteiger partial charge on any atom is -0.497 e. The third-order valence-electron chi connectivity index (χ3n) is 4.25. The van der Waals surface area contributed by atoms with Gasteiger partial charge in [-0.1, -0.05) is 15.9 Å². The number of aryl methyl sites for hydroxylation is 1. The number of rotatable bonds is 6. The van der Waals surface area contributed by atoms with E-state index in [1.807, 2.05) is 68.4 Å². The van der Waals surface area contributed by atoms with Crippen molar-refractivity contribution in [2.75, 3.05) is 12.9 Å². The highest BCUT2D eigenvalue weighted by atomic mass is 79.9. The third-order valence-corrected chi connectivity index (χ3v) is 5.79. The third kappa shape index (κ3) is 4.05. The maximum absolute atomic E-state index is 12.7. The molecule has 26 heavy (non-hydrogen) atoms. The summed E-state index contributed by atoms with van der Waals surface area (Å²) < 4.78 is 8.37. The van der Waals surface area contributed by atoms with Gasteiger partial charge in [0.05, 0.1) is 12.9 Å². The van der Waals surface area contributed by atoms with E-state index in [9.17, 15) is 4.79 Å². The van der Waals surface area contributed by atoms with Crippen molar-refractivity contribution >= 4 is 33.5 Å². The molecule has 0 spiro atoms. The number of hydrogen-bond acceptors (Lipinski definition) is 3. The maximum atomic E-state index is 12.7. The molecule has 2 aromatic carbocycles. The highest BCUT2D eigenvalue weighted by Crippen LogP contribution is 2.26. The van der Waals surface area contributed by atoms with Crippen LogP contribution in [-0.2, 0) is 0 Å². The van der Waals surface area contributed by atoms with Gasteiger partial charge >= 0.3 is 0 Å². The molecule has 0 fully saturated rings. The lowest BCUT2D eigenvalue weighted by Gasteiger charge is -2.10. The monoisotopic (exact) mass is 429 g/mol. The summed E-state index contributed by atoms with van der Waals surface area (Å²) in [5.41, 5.74) is 3.82. The van der Waals surface area contributed by atoms with E-state index in [2.05, 4.69) is 20.5 Å². The Balaban J connectivity index is 1.79. The van der Waals surface area contributed by atoms with Crippen LogP contribution in [0, 0.1) is 13.8 Å². The fourth-order valence-corrected chi connectivity index (χ4v) is 3.98. The first kappa shape index (κ1) is 18.8. The summed E-state index contributed by atoms with van der Waals surface area (Å²) in [6.07, 6.45) is 0. The van der Waals surface area contributed by atoms with Gasteiger partial charge in [-0.05, 0) is 68.4 Å². The number of carbonyl (C=O) groups is 1. The lowest BCUT2D eigenvalue weighted by molar-refractivity contribution is 0.102. The van der Waals surface area contributed by atoms with Crippen molar-refractivity contribution in [1.29, 1.82) is 0 Å². The van der Waals surface area contributed by atoms with Gasteiger partial charge in [-0.25, -0.2) is 0 Å². The second kappa shape index (κ2) is 8.14. The van der Waals surface area contributed by atoms with Crippen LogP contribution in [0.15, 0.2) is 64.0 Å². The van der Waals surface area contributed by atoms with E-state index in [0.29, 0.717) is 5.75 Å². The Morgan fingerprint density at radius 3 is 2.35 bits per heavy atom. The Morgan fingerprint density at radius 2 is 1.73 bits per heavy atom. The predicted octanol–water partition coefficient (Wildman–Crippen LogP) is 5.84. The van der Waals surface area contributed by atoms with E-state index in [0.717, 1.165) is 37.8 Å². The highest BCUT2D eigenvalue weighted by molar-refractivity contribution is 9.10. The summed E-state index contributed by atoms with van der Waals surface area (Å²) in [6.45, 7) is 4.02. The number of carbonyl (C=O) groups excluding carboxylic acids is 1. The standard InChI is InChI=1S/C21H20BrNO2S/c1-14-12-20(21(24)13-26-19-10-4-16(22)5-11-19)15(2)23(14)17-6-8-18(25-3)9-7-17/h4-12H,13H2,1-3H3. The molecule has 3 nitrogen and oxygen atoms in total. The number of nitrogens with zero attached hydrogens (tertiary/aromatic N) is 1. The van der Waals surface area contributed by atoms with Crippen LogP contribution >= 0.6 is 27.7 Å². The Morgan fingerprint density at radius 1 is 1.08 bits per heavy atom. The Hall–Kier alpha value is -1.98. The van der Waals surface area contributed by atoms with Crippen molar-refractivity contribution in [3.8, 4) is 11.4 Å². The van der Waals surface area contributed by atoms with Gasteiger partial charge in [0.15, 0.2) is 5.78 Å². The number of halogens is 1. The van der Waals surface area contributed by atoms with Crippen molar-refractivity contribution < 1.29 is 9.53 Å². The summed E-state index contributed by atoms with van der Waals surface area (Å²) in [5.74, 6) is 1.39. The average molecular weight is 430 g/mol. The molecule has 0 saturated heterocycles. The molecule has 0 amide bonds. The number of thioether (sulfide) groups is 1. The van der Waals surface area contributed by atoms with Crippen LogP contribution in [0.25, 0.3) is 5.69 Å². The van der Waals surface area contributed by atoms with Gasteiger partial charge in [-0.3, -0.25) is 4.79 Å². The summed E-state index contributed by atoms with van der Waals surface area (Å²) in [7, 11) is 1.65. The number of Topliss-reactive ketones (excluding diaryl/α,β-unsaturated/α-hetero) is 1. The Kier molecular flexibility index (Phi) is 5.89. The van der Waals surface area contributed by atoms with E-state index in [1.54, 1.807) is 18.9 Å². The summed E-state index contributed by atoms with van der Waals surface area (Å²) in [4.78, 5) is 13.8. The average Bonchev–Trinajstić information content (AvgIpc) is 2.95. The first-order valence-electron chi connectivity index (χ1n) is 8.24. The molecule has 0 saturated carbocycles. The molecule has 0 aliphatic heterocycles. The molecule has 3 aromatic rings. The fourth-order valence-electron chi connectivity index (χ4n) is 2.93. The zero-order chi connectivity index (χ0) is 18.7. The molecule has 1 heterocycles. The second-order valence-electron chi connectivity index (χ2n) is 5.98. The van der Waals surface area contributed by atoms with Crippen molar-refractivity contribution in [1.82, 2.24) is 4.57 Å². The predicted molar refractivity (Wildman–Crippen MR) is 111 cm³/mol. The first-order valence-corrected chi connectivity index (χ1v) is 10.0. The van der Waals surface area contributed by atoms with Crippen molar-refractivity contribution in [3.63, 3.8) is 0 Å². The van der Waals surface area contributed by atoms with E-state index >= 15 is 0 Å². The van der Waals surface area contributed by atoms with Crippen LogP contribution in [-0.4, -0.2) is 23.2 Å². The van der Waals surface area contributed by atoms with Gasteiger partial charge in [-0.15, -0.1) is 11.8 Å². The van der Waals surface area contributed by atoms with Gasteiger partial charge < -0.3 is 9.30 Å². The number of hydrogen-bond donors (Lipinski definition) is 0. The summed E-state index contributed by atoms with van der Waals surface area (Å²) in [6, 6.07) is 17.9. The molecule has 0 unspecified atom stereocenters. The van der Waals surface area contributed by atoms with E-state index in [-0.39, 0.29) is 5.78 Å². The Bertz CT molecular complexity index is 914. The minimum atomic E-state index is 0.144. The lowest BCUT2D eigenvalue weighted by Crippen LogP contribution is -2.05. The molecule has 0 bridgehead atoms. The van der Waals surface area contributed by atoms with Gasteiger partial charge in [0.1, 0.15) is 5.75 Å². The van der Waals surface area contributed by atoms with Crippen LogP contribution in [0.5, 0.6) is 5.75 Å². The van der Waals surface area contributed by atoms with Crippen molar-refractivity contribution in [2.45, 2.75) is 18.7 Å². The van der Waals surface area contributed by atoms with Crippen molar-refractivity contribution in [2.24, 2.45) is 0 Å². The molecular weight excluding hydrogens is 410 g/mol. The van der Waals surface area contributed by atoms with Gasteiger partial charge in [0.2, 0.25) is 0 Å². The summed E-state index contributed by atoms with van der Waals surface area (Å²) in [5, 5.41) is 0. The van der Waals surface area contributed by atoms with E-state index < -0.39 is 0 Å². The van der Waals surface area contributed by atoms with E-state index in [1.165, 1.54) is 0 Å². The number of aromatic nitrogens is 1. The molecule has 0 N–H and O–H groups in total. The smallest absolute Gasteiger partial charge is 0.174 e. The van der Waals surface area contributed by atoms with E-state index in [4.69, 9.17) is 4.74 Å². The van der Waals surface area contributed by atoms with Crippen molar-refractivity contribution in [3.05, 3.63) is 76.0 Å². The summed E-state index contributed by atoms with van der Waals surface area (Å²) >= 11 is 4.99. The first-order chi connectivity index (χ1) is 12.5. The molecule has 0 atom stereocenters. The van der Waals surface area contributed by atoms with Crippen LogP contribution in [0.3, 0.4) is 0 Å². The lowest BCUT2D eigenvalue weighted by atomic mass is 10.2. The fraction of sp³-hybridized carbons (Fsp3) is 0.190. The molecular formula is C21H20BrNO2S. The van der Waals surface area contributed by atoms with Gasteiger partial charge in [0, 0.05) is 32.0 Å². The number of ketones is 1. The Labute approximate surface area is 166 Å². The van der Waals surface area contributed by atoms with Gasteiger partial charge in [-0.2, -0.15) is 0 Å². The molecule has 0 aliphatic rings. The minimum absolute atomic E-state index is 0.144.